The SMILES string of the molecule is CCCCCCCCOC(=O)CCCCCCCCCCCCCCCCC(CC)CC(=O)OCCCCCCCC. The van der Waals surface area contributed by atoms with E-state index in [0.29, 0.717) is 32.0 Å². The second kappa shape index (κ2) is 34.4. The second-order valence-electron chi connectivity index (χ2n) is 12.9. The zero-order valence-corrected chi connectivity index (χ0v) is 28.8. The maximum Gasteiger partial charge on any atom is 0.306 e. The summed E-state index contributed by atoms with van der Waals surface area (Å²) in [6, 6.07) is 0. The van der Waals surface area contributed by atoms with Gasteiger partial charge in [0.05, 0.1) is 13.2 Å². The lowest BCUT2D eigenvalue weighted by Gasteiger charge is -2.14. The molecule has 4 nitrogen and oxygen atoms in total. The molecule has 0 aromatic heterocycles. The van der Waals surface area contributed by atoms with Crippen molar-refractivity contribution in [2.75, 3.05) is 13.2 Å². The lowest BCUT2D eigenvalue weighted by Crippen LogP contribution is -2.12. The van der Waals surface area contributed by atoms with Crippen molar-refractivity contribution >= 4 is 11.9 Å². The summed E-state index contributed by atoms with van der Waals surface area (Å²) >= 11 is 0. The highest BCUT2D eigenvalue weighted by atomic mass is 16.5. The summed E-state index contributed by atoms with van der Waals surface area (Å²) in [6.07, 6.45) is 36.4. The summed E-state index contributed by atoms with van der Waals surface area (Å²) in [5.74, 6) is 0.522. The fourth-order valence-corrected chi connectivity index (χ4v) is 5.78. The van der Waals surface area contributed by atoms with Gasteiger partial charge in [0.2, 0.25) is 0 Å². The Morgan fingerprint density at radius 3 is 1.21 bits per heavy atom. The maximum atomic E-state index is 12.2. The predicted octanol–water partition coefficient (Wildman–Crippen LogP) is 12.5. The zero-order valence-electron chi connectivity index (χ0n) is 28.8. The Balaban J connectivity index is 3.36. The van der Waals surface area contributed by atoms with E-state index in [1.54, 1.807) is 0 Å². The van der Waals surface area contributed by atoms with Gasteiger partial charge in [-0.15, -0.1) is 0 Å². The van der Waals surface area contributed by atoms with Crippen LogP contribution in [-0.2, 0) is 19.1 Å². The number of carbonyl (C=O) groups is 2. The average Bonchev–Trinajstić information content (AvgIpc) is 2.99. The van der Waals surface area contributed by atoms with Crippen molar-refractivity contribution in [3.05, 3.63) is 0 Å². The number of ether oxygens (including phenoxy) is 2. The Morgan fingerprint density at radius 1 is 0.429 bits per heavy atom. The first-order valence-electron chi connectivity index (χ1n) is 18.9. The monoisotopic (exact) mass is 595 g/mol. The standard InChI is InChI=1S/C38H74O4/c1-4-7-9-11-25-29-33-41-37(39)32-28-24-22-20-18-16-14-13-15-17-19-21-23-27-31-36(6-3)35-38(40)42-34-30-26-12-10-8-5-2/h36H,4-35H2,1-3H3. The van der Waals surface area contributed by atoms with Crippen LogP contribution in [0.25, 0.3) is 0 Å². The van der Waals surface area contributed by atoms with E-state index in [2.05, 4.69) is 20.8 Å². The van der Waals surface area contributed by atoms with Crippen LogP contribution in [0.2, 0.25) is 0 Å². The number of esters is 2. The van der Waals surface area contributed by atoms with Crippen LogP contribution in [0.15, 0.2) is 0 Å². The Morgan fingerprint density at radius 2 is 0.786 bits per heavy atom. The molecule has 1 atom stereocenters. The number of hydrogen-bond acceptors (Lipinski definition) is 4. The lowest BCUT2D eigenvalue weighted by atomic mass is 9.95. The molecule has 0 heterocycles. The molecule has 0 radical (unpaired) electrons. The molecule has 0 aromatic rings. The molecule has 250 valence electrons. The van der Waals surface area contributed by atoms with Crippen LogP contribution in [-0.4, -0.2) is 25.2 Å². The molecule has 0 amide bonds. The third kappa shape index (κ3) is 31.9. The highest BCUT2D eigenvalue weighted by molar-refractivity contribution is 5.69. The Bertz CT molecular complexity index is 561. The van der Waals surface area contributed by atoms with Gasteiger partial charge < -0.3 is 9.47 Å². The number of hydrogen-bond donors (Lipinski definition) is 0. The highest BCUT2D eigenvalue weighted by Crippen LogP contribution is 2.20. The molecular formula is C38H74O4. The molecule has 0 spiro atoms. The van der Waals surface area contributed by atoms with Crippen molar-refractivity contribution in [2.24, 2.45) is 5.92 Å². The van der Waals surface area contributed by atoms with Gasteiger partial charge in [0, 0.05) is 12.8 Å². The predicted molar refractivity (Wildman–Crippen MR) is 181 cm³/mol. The van der Waals surface area contributed by atoms with Gasteiger partial charge in [-0.1, -0.05) is 175 Å². The van der Waals surface area contributed by atoms with Crippen LogP contribution in [0, 0.1) is 5.92 Å². The normalized spacial score (nSPS) is 12.0. The van der Waals surface area contributed by atoms with Crippen LogP contribution < -0.4 is 0 Å². The van der Waals surface area contributed by atoms with Gasteiger partial charge in [-0.05, 0) is 31.6 Å². The van der Waals surface area contributed by atoms with Crippen LogP contribution >= 0.6 is 0 Å². The van der Waals surface area contributed by atoms with E-state index in [4.69, 9.17) is 9.47 Å². The van der Waals surface area contributed by atoms with Crippen LogP contribution in [0.3, 0.4) is 0 Å². The minimum atomic E-state index is 0.00430. The van der Waals surface area contributed by atoms with E-state index in [1.165, 1.54) is 148 Å². The highest BCUT2D eigenvalue weighted by Gasteiger charge is 2.13. The van der Waals surface area contributed by atoms with Crippen molar-refractivity contribution in [2.45, 2.75) is 213 Å². The van der Waals surface area contributed by atoms with Gasteiger partial charge >= 0.3 is 11.9 Å². The van der Waals surface area contributed by atoms with Crippen molar-refractivity contribution in [1.29, 1.82) is 0 Å². The molecule has 42 heavy (non-hydrogen) atoms. The first-order valence-corrected chi connectivity index (χ1v) is 18.9. The first-order chi connectivity index (χ1) is 20.6. The van der Waals surface area contributed by atoms with Crippen LogP contribution in [0.5, 0.6) is 0 Å². The molecule has 0 saturated carbocycles. The quantitative estimate of drug-likeness (QED) is 0.0549. The Hall–Kier alpha value is -1.06. The maximum absolute atomic E-state index is 12.2. The molecule has 0 aromatic carbocycles. The summed E-state index contributed by atoms with van der Waals surface area (Å²) in [5, 5.41) is 0. The Kier molecular flexibility index (Phi) is 33.6. The number of rotatable bonds is 34. The molecule has 0 N–H and O–H groups in total. The molecule has 0 aliphatic carbocycles. The van der Waals surface area contributed by atoms with Gasteiger partial charge in [-0.25, -0.2) is 0 Å². The van der Waals surface area contributed by atoms with Crippen molar-refractivity contribution < 1.29 is 19.1 Å². The minimum Gasteiger partial charge on any atom is -0.466 e. The average molecular weight is 595 g/mol. The van der Waals surface area contributed by atoms with Gasteiger partial charge in [-0.2, -0.15) is 0 Å². The molecular weight excluding hydrogens is 520 g/mol. The van der Waals surface area contributed by atoms with Gasteiger partial charge in [0.1, 0.15) is 0 Å². The van der Waals surface area contributed by atoms with E-state index >= 15 is 0 Å². The summed E-state index contributed by atoms with van der Waals surface area (Å²) in [7, 11) is 0. The smallest absolute Gasteiger partial charge is 0.306 e. The first kappa shape index (κ1) is 40.9. The largest absolute Gasteiger partial charge is 0.466 e. The summed E-state index contributed by atoms with van der Waals surface area (Å²) < 4.78 is 10.9. The zero-order chi connectivity index (χ0) is 30.8. The van der Waals surface area contributed by atoms with Crippen LogP contribution in [0.4, 0.5) is 0 Å². The van der Waals surface area contributed by atoms with E-state index in [-0.39, 0.29) is 11.9 Å². The molecule has 0 fully saturated rings. The summed E-state index contributed by atoms with van der Waals surface area (Å²) in [5.41, 5.74) is 0. The number of carbonyl (C=O) groups excluding carboxylic acids is 2. The van der Waals surface area contributed by atoms with Crippen molar-refractivity contribution in [3.8, 4) is 0 Å². The molecule has 0 aliphatic rings. The van der Waals surface area contributed by atoms with Crippen molar-refractivity contribution in [3.63, 3.8) is 0 Å². The summed E-state index contributed by atoms with van der Waals surface area (Å²) in [6.45, 7) is 7.91. The third-order valence-corrected chi connectivity index (χ3v) is 8.80. The van der Waals surface area contributed by atoms with Crippen LogP contribution in [0.1, 0.15) is 213 Å². The minimum absolute atomic E-state index is 0.00430. The van der Waals surface area contributed by atoms with E-state index < -0.39 is 0 Å². The topological polar surface area (TPSA) is 52.6 Å². The molecule has 4 heteroatoms. The van der Waals surface area contributed by atoms with E-state index in [0.717, 1.165) is 32.1 Å². The fourth-order valence-electron chi connectivity index (χ4n) is 5.78. The van der Waals surface area contributed by atoms with Gasteiger partial charge in [0.25, 0.3) is 0 Å². The summed E-state index contributed by atoms with van der Waals surface area (Å²) in [4.78, 5) is 24.0. The van der Waals surface area contributed by atoms with E-state index in [9.17, 15) is 9.59 Å². The molecule has 1 unspecified atom stereocenters. The molecule has 0 bridgehead atoms. The Labute approximate surface area is 263 Å². The van der Waals surface area contributed by atoms with E-state index in [1.807, 2.05) is 0 Å². The third-order valence-electron chi connectivity index (χ3n) is 8.80. The lowest BCUT2D eigenvalue weighted by molar-refractivity contribution is -0.145. The fraction of sp³-hybridized carbons (Fsp3) is 0.947. The molecule has 0 aliphatic heterocycles. The molecule has 0 saturated heterocycles. The van der Waals surface area contributed by atoms with Crippen molar-refractivity contribution in [1.82, 2.24) is 0 Å². The van der Waals surface area contributed by atoms with Gasteiger partial charge in [-0.3, -0.25) is 9.59 Å². The van der Waals surface area contributed by atoms with Gasteiger partial charge in [0.15, 0.2) is 0 Å². The molecule has 0 rings (SSSR count). The number of unbranched alkanes of at least 4 members (excludes halogenated alkanes) is 23. The second-order valence-corrected chi connectivity index (χ2v) is 12.9.